The van der Waals surface area contributed by atoms with E-state index in [1.165, 1.54) is 12.1 Å². The van der Waals surface area contributed by atoms with Crippen LogP contribution in [0.2, 0.25) is 0 Å². The van der Waals surface area contributed by atoms with Crippen LogP contribution < -0.4 is 4.80 Å². The highest BCUT2D eigenvalue weighted by atomic mass is 32.2. The van der Waals surface area contributed by atoms with Crippen molar-refractivity contribution in [2.75, 3.05) is 24.6 Å². The number of benzene rings is 1. The zero-order chi connectivity index (χ0) is 21.7. The minimum atomic E-state index is -3.94. The zero-order valence-electron chi connectivity index (χ0n) is 16.5. The maximum absolute atomic E-state index is 13.5. The first-order valence-electron chi connectivity index (χ1n) is 9.74. The SMILES string of the molecule is C=CCn1c(=NC(=O)CS(=O)(=O)CC(=O)N2CCCCCC2)sc2cc(F)ccc21. The van der Waals surface area contributed by atoms with Crippen molar-refractivity contribution in [1.29, 1.82) is 0 Å². The van der Waals surface area contributed by atoms with Gasteiger partial charge in [0.2, 0.25) is 5.91 Å². The second-order valence-corrected chi connectivity index (χ2v) is 10.3. The van der Waals surface area contributed by atoms with Crippen LogP contribution >= 0.6 is 11.3 Å². The van der Waals surface area contributed by atoms with Crippen molar-refractivity contribution in [3.8, 4) is 0 Å². The molecule has 0 aliphatic carbocycles. The van der Waals surface area contributed by atoms with Crippen molar-refractivity contribution in [2.24, 2.45) is 4.99 Å². The van der Waals surface area contributed by atoms with E-state index in [1.807, 2.05) is 0 Å². The molecule has 1 aromatic carbocycles. The molecule has 0 saturated carbocycles. The van der Waals surface area contributed by atoms with Crippen LogP contribution in [0.15, 0.2) is 35.8 Å². The minimum Gasteiger partial charge on any atom is -0.342 e. The topological polar surface area (TPSA) is 88.8 Å². The highest BCUT2D eigenvalue weighted by Crippen LogP contribution is 2.18. The number of hydrogen-bond acceptors (Lipinski definition) is 5. The van der Waals surface area contributed by atoms with Gasteiger partial charge in [0.15, 0.2) is 14.6 Å². The Kier molecular flexibility index (Phi) is 7.19. The number of likely N-dealkylation sites (tertiary alicyclic amines) is 1. The number of sulfone groups is 1. The van der Waals surface area contributed by atoms with Gasteiger partial charge in [-0.2, -0.15) is 4.99 Å². The molecular formula is C20H24FN3O4S2. The van der Waals surface area contributed by atoms with Crippen LogP contribution in [0.3, 0.4) is 0 Å². The lowest BCUT2D eigenvalue weighted by atomic mass is 10.2. The van der Waals surface area contributed by atoms with Crippen molar-refractivity contribution >= 4 is 43.2 Å². The van der Waals surface area contributed by atoms with Crippen molar-refractivity contribution in [1.82, 2.24) is 9.47 Å². The summed E-state index contributed by atoms with van der Waals surface area (Å²) in [7, 11) is -3.94. The summed E-state index contributed by atoms with van der Waals surface area (Å²) in [6.45, 7) is 5.10. The molecule has 1 saturated heterocycles. The van der Waals surface area contributed by atoms with Crippen LogP contribution in [-0.4, -0.2) is 54.3 Å². The van der Waals surface area contributed by atoms with E-state index in [-0.39, 0.29) is 4.80 Å². The third kappa shape index (κ3) is 5.63. The van der Waals surface area contributed by atoms with Crippen LogP contribution in [0.5, 0.6) is 0 Å². The van der Waals surface area contributed by atoms with E-state index in [9.17, 15) is 22.4 Å². The quantitative estimate of drug-likeness (QED) is 0.628. The van der Waals surface area contributed by atoms with Gasteiger partial charge in [-0.15, -0.1) is 6.58 Å². The molecule has 3 rings (SSSR count). The molecular weight excluding hydrogens is 429 g/mol. The van der Waals surface area contributed by atoms with Crippen molar-refractivity contribution in [3.05, 3.63) is 41.5 Å². The molecule has 0 spiro atoms. The maximum Gasteiger partial charge on any atom is 0.263 e. The summed E-state index contributed by atoms with van der Waals surface area (Å²) >= 11 is 1.09. The van der Waals surface area contributed by atoms with E-state index in [4.69, 9.17) is 0 Å². The van der Waals surface area contributed by atoms with E-state index >= 15 is 0 Å². The minimum absolute atomic E-state index is 0.259. The van der Waals surface area contributed by atoms with Gasteiger partial charge < -0.3 is 9.47 Å². The molecule has 7 nitrogen and oxygen atoms in total. The summed E-state index contributed by atoms with van der Waals surface area (Å²) in [6.07, 6.45) is 5.37. The van der Waals surface area contributed by atoms with Crippen LogP contribution in [-0.2, 0) is 26.0 Å². The third-order valence-electron chi connectivity index (χ3n) is 4.82. The number of nitrogens with zero attached hydrogens (tertiary/aromatic N) is 3. The lowest BCUT2D eigenvalue weighted by Gasteiger charge is -2.19. The molecule has 0 radical (unpaired) electrons. The molecule has 0 N–H and O–H groups in total. The molecule has 162 valence electrons. The average Bonchev–Trinajstić information content (AvgIpc) is 2.84. The summed E-state index contributed by atoms with van der Waals surface area (Å²) in [6, 6.07) is 4.21. The number of aromatic nitrogens is 1. The van der Waals surface area contributed by atoms with Crippen LogP contribution in [0.1, 0.15) is 25.7 Å². The maximum atomic E-state index is 13.5. The van der Waals surface area contributed by atoms with E-state index in [0.29, 0.717) is 29.9 Å². The fourth-order valence-corrected chi connectivity index (χ4v) is 5.60. The Morgan fingerprint density at radius 1 is 1.17 bits per heavy atom. The highest BCUT2D eigenvalue weighted by Gasteiger charge is 2.25. The fourth-order valence-electron chi connectivity index (χ4n) is 3.42. The van der Waals surface area contributed by atoms with Crippen molar-refractivity contribution in [3.63, 3.8) is 0 Å². The largest absolute Gasteiger partial charge is 0.342 e. The molecule has 1 aliphatic rings. The average molecular weight is 454 g/mol. The predicted octanol–water partition coefficient (Wildman–Crippen LogP) is 2.27. The van der Waals surface area contributed by atoms with Gasteiger partial charge in [0.25, 0.3) is 5.91 Å². The molecule has 2 amide bonds. The van der Waals surface area contributed by atoms with Crippen LogP contribution in [0.25, 0.3) is 10.2 Å². The van der Waals surface area contributed by atoms with Crippen LogP contribution in [0, 0.1) is 5.82 Å². The van der Waals surface area contributed by atoms with E-state index in [0.717, 1.165) is 37.0 Å². The molecule has 2 aromatic rings. The third-order valence-corrected chi connectivity index (χ3v) is 7.24. The number of thiazole rings is 1. The van der Waals surface area contributed by atoms with E-state index in [2.05, 4.69) is 11.6 Å². The summed E-state index contributed by atoms with van der Waals surface area (Å²) in [5.74, 6) is -3.28. The van der Waals surface area contributed by atoms with Gasteiger partial charge in [0.1, 0.15) is 17.3 Å². The van der Waals surface area contributed by atoms with Gasteiger partial charge in [-0.05, 0) is 31.0 Å². The molecule has 1 aliphatic heterocycles. The van der Waals surface area contributed by atoms with Crippen molar-refractivity contribution < 1.29 is 22.4 Å². The Labute approximate surface area is 178 Å². The molecule has 0 bridgehead atoms. The molecule has 0 atom stereocenters. The lowest BCUT2D eigenvalue weighted by molar-refractivity contribution is -0.128. The second kappa shape index (κ2) is 9.65. The highest BCUT2D eigenvalue weighted by molar-refractivity contribution is 7.92. The van der Waals surface area contributed by atoms with Crippen LogP contribution in [0.4, 0.5) is 4.39 Å². The monoisotopic (exact) mass is 453 g/mol. The molecule has 2 heterocycles. The van der Waals surface area contributed by atoms with Gasteiger partial charge in [-0.3, -0.25) is 9.59 Å². The molecule has 10 heteroatoms. The Morgan fingerprint density at radius 2 is 1.87 bits per heavy atom. The Morgan fingerprint density at radius 3 is 2.53 bits per heavy atom. The second-order valence-electron chi connectivity index (χ2n) is 7.23. The Balaban J connectivity index is 1.78. The first-order valence-corrected chi connectivity index (χ1v) is 12.4. The first kappa shape index (κ1) is 22.4. The molecule has 30 heavy (non-hydrogen) atoms. The Hall–Kier alpha value is -2.33. The number of hydrogen-bond donors (Lipinski definition) is 0. The number of halogens is 1. The fraction of sp³-hybridized carbons (Fsp3) is 0.450. The predicted molar refractivity (Wildman–Crippen MR) is 114 cm³/mol. The summed E-state index contributed by atoms with van der Waals surface area (Å²) in [5, 5.41) is 0. The molecule has 1 aromatic heterocycles. The first-order chi connectivity index (χ1) is 14.3. The van der Waals surface area contributed by atoms with Gasteiger partial charge >= 0.3 is 0 Å². The molecule has 1 fully saturated rings. The van der Waals surface area contributed by atoms with E-state index < -0.39 is 39.0 Å². The Bertz CT molecular complexity index is 1130. The van der Waals surface area contributed by atoms with Gasteiger partial charge in [-0.1, -0.05) is 30.3 Å². The zero-order valence-corrected chi connectivity index (χ0v) is 18.2. The number of allylic oxidation sites excluding steroid dienone is 1. The van der Waals surface area contributed by atoms with E-state index in [1.54, 1.807) is 21.6 Å². The summed E-state index contributed by atoms with van der Waals surface area (Å²) in [4.78, 5) is 30.5. The number of amides is 2. The van der Waals surface area contributed by atoms with Gasteiger partial charge in [-0.25, -0.2) is 12.8 Å². The lowest BCUT2D eigenvalue weighted by Crippen LogP contribution is -2.37. The smallest absolute Gasteiger partial charge is 0.263 e. The summed E-state index contributed by atoms with van der Waals surface area (Å²) < 4.78 is 40.6. The number of carbonyl (C=O) groups excluding carboxylic acids is 2. The van der Waals surface area contributed by atoms with Gasteiger partial charge in [0, 0.05) is 19.6 Å². The summed E-state index contributed by atoms with van der Waals surface area (Å²) in [5.41, 5.74) is 0.673. The standard InChI is InChI=1S/C20H24FN3O4S2/c1-2-9-24-16-8-7-15(21)12-17(16)29-20(24)22-18(25)13-30(27,28)14-19(26)23-10-5-3-4-6-11-23/h2,7-8,12H,1,3-6,9-11,13-14H2. The molecule has 0 unspecified atom stereocenters. The number of carbonyl (C=O) groups is 2. The number of rotatable bonds is 6. The normalized spacial score (nSPS) is 15.9. The van der Waals surface area contributed by atoms with Crippen molar-refractivity contribution in [2.45, 2.75) is 32.2 Å². The van der Waals surface area contributed by atoms with Gasteiger partial charge in [0.05, 0.1) is 10.2 Å². The number of fused-ring (bicyclic) bond motifs is 1.